The summed E-state index contributed by atoms with van der Waals surface area (Å²) >= 11 is 0. The van der Waals surface area contributed by atoms with Crippen molar-refractivity contribution in [1.29, 1.82) is 0 Å². The van der Waals surface area contributed by atoms with Gasteiger partial charge < -0.3 is 14.4 Å². The van der Waals surface area contributed by atoms with Gasteiger partial charge in [-0.1, -0.05) is 6.42 Å². The molecule has 2 aliphatic heterocycles. The van der Waals surface area contributed by atoms with Gasteiger partial charge in [0.05, 0.1) is 0 Å². The van der Waals surface area contributed by atoms with E-state index in [0.29, 0.717) is 0 Å². The number of ether oxygens (including phenoxy) is 2. The zero-order valence-corrected chi connectivity index (χ0v) is 8.65. The molecule has 2 rings (SSSR count). The number of rotatable bonds is 4. The van der Waals surface area contributed by atoms with E-state index in [1.807, 2.05) is 0 Å². The fourth-order valence-corrected chi connectivity index (χ4v) is 2.07. The second-order valence-electron chi connectivity index (χ2n) is 4.02. The minimum Gasteiger partial charge on any atom is -0.459 e. The molecule has 0 amide bonds. The van der Waals surface area contributed by atoms with Crippen LogP contribution >= 0.6 is 0 Å². The lowest BCUT2D eigenvalue weighted by atomic mass is 10.1. The molecule has 0 aromatic carbocycles. The van der Waals surface area contributed by atoms with E-state index in [0.717, 1.165) is 6.42 Å². The topological polar surface area (TPSA) is 21.7 Å². The van der Waals surface area contributed by atoms with Gasteiger partial charge in [0.2, 0.25) is 6.29 Å². The van der Waals surface area contributed by atoms with Gasteiger partial charge in [-0.15, -0.1) is 0 Å². The SMILES string of the molecule is C1=COC(CCCN2CCCCC2)O1. The van der Waals surface area contributed by atoms with Crippen molar-refractivity contribution in [2.75, 3.05) is 19.6 Å². The van der Waals surface area contributed by atoms with Crippen LogP contribution in [-0.2, 0) is 9.47 Å². The van der Waals surface area contributed by atoms with Crippen LogP contribution in [0.15, 0.2) is 12.5 Å². The van der Waals surface area contributed by atoms with Crippen molar-refractivity contribution in [2.45, 2.75) is 38.4 Å². The largest absolute Gasteiger partial charge is 0.459 e. The maximum atomic E-state index is 5.22. The summed E-state index contributed by atoms with van der Waals surface area (Å²) in [6.45, 7) is 3.76. The highest BCUT2D eigenvalue weighted by Crippen LogP contribution is 2.13. The molecule has 0 saturated carbocycles. The molecule has 3 nitrogen and oxygen atoms in total. The van der Waals surface area contributed by atoms with Gasteiger partial charge in [0.25, 0.3) is 0 Å². The Morgan fingerprint density at radius 3 is 2.50 bits per heavy atom. The van der Waals surface area contributed by atoms with E-state index in [1.165, 1.54) is 45.3 Å². The molecule has 0 bridgehead atoms. The van der Waals surface area contributed by atoms with Crippen molar-refractivity contribution in [3.63, 3.8) is 0 Å². The Hall–Kier alpha value is -0.700. The van der Waals surface area contributed by atoms with Crippen LogP contribution in [0.4, 0.5) is 0 Å². The molecule has 0 aliphatic carbocycles. The average molecular weight is 197 g/mol. The molecule has 0 atom stereocenters. The first-order valence-electron chi connectivity index (χ1n) is 5.63. The number of likely N-dealkylation sites (tertiary alicyclic amines) is 1. The average Bonchev–Trinajstić information content (AvgIpc) is 2.72. The summed E-state index contributed by atoms with van der Waals surface area (Å²) in [4.78, 5) is 2.55. The number of hydrogen-bond donors (Lipinski definition) is 0. The molecule has 0 radical (unpaired) electrons. The van der Waals surface area contributed by atoms with Crippen LogP contribution in [-0.4, -0.2) is 30.8 Å². The third-order valence-corrected chi connectivity index (χ3v) is 2.88. The quantitative estimate of drug-likeness (QED) is 0.689. The Kier molecular flexibility index (Phi) is 3.69. The van der Waals surface area contributed by atoms with Gasteiger partial charge >= 0.3 is 0 Å². The van der Waals surface area contributed by atoms with Crippen LogP contribution in [0.5, 0.6) is 0 Å². The molecule has 1 saturated heterocycles. The van der Waals surface area contributed by atoms with Crippen LogP contribution < -0.4 is 0 Å². The fourth-order valence-electron chi connectivity index (χ4n) is 2.07. The van der Waals surface area contributed by atoms with Crippen molar-refractivity contribution in [2.24, 2.45) is 0 Å². The van der Waals surface area contributed by atoms with Crippen molar-refractivity contribution >= 4 is 0 Å². The van der Waals surface area contributed by atoms with Gasteiger partial charge in [-0.2, -0.15) is 0 Å². The number of piperidine rings is 1. The lowest BCUT2D eigenvalue weighted by molar-refractivity contribution is -0.0307. The summed E-state index contributed by atoms with van der Waals surface area (Å²) in [5.41, 5.74) is 0. The molecule has 80 valence electrons. The summed E-state index contributed by atoms with van der Waals surface area (Å²) in [5.74, 6) is 0. The first kappa shape index (κ1) is 9.84. The summed E-state index contributed by atoms with van der Waals surface area (Å²) < 4.78 is 10.4. The van der Waals surface area contributed by atoms with Crippen LogP contribution in [0.3, 0.4) is 0 Å². The minimum absolute atomic E-state index is 0.0141. The third-order valence-electron chi connectivity index (χ3n) is 2.88. The van der Waals surface area contributed by atoms with Crippen LogP contribution in [0.2, 0.25) is 0 Å². The lowest BCUT2D eigenvalue weighted by Gasteiger charge is -2.26. The standard InChI is InChI=1S/C11H19NO2/c1-2-6-12(7-3-1)8-4-5-11-13-9-10-14-11/h9-11H,1-8H2. The van der Waals surface area contributed by atoms with E-state index in [-0.39, 0.29) is 6.29 Å². The van der Waals surface area contributed by atoms with Crippen molar-refractivity contribution in [3.8, 4) is 0 Å². The molecule has 0 aromatic heterocycles. The number of nitrogens with zero attached hydrogens (tertiary/aromatic N) is 1. The molecule has 2 heterocycles. The van der Waals surface area contributed by atoms with Crippen LogP contribution in [0, 0.1) is 0 Å². The highest BCUT2D eigenvalue weighted by molar-refractivity contribution is 4.71. The van der Waals surface area contributed by atoms with Crippen LogP contribution in [0.1, 0.15) is 32.1 Å². The van der Waals surface area contributed by atoms with Crippen molar-refractivity contribution in [1.82, 2.24) is 4.90 Å². The molecule has 1 fully saturated rings. The molecule has 0 N–H and O–H groups in total. The maximum absolute atomic E-state index is 5.22. The Balaban J connectivity index is 1.53. The van der Waals surface area contributed by atoms with E-state index < -0.39 is 0 Å². The summed E-state index contributed by atoms with van der Waals surface area (Å²) in [6.07, 6.45) is 9.58. The fraction of sp³-hybridized carbons (Fsp3) is 0.818. The monoisotopic (exact) mass is 197 g/mol. The Morgan fingerprint density at radius 2 is 1.79 bits per heavy atom. The van der Waals surface area contributed by atoms with E-state index >= 15 is 0 Å². The Morgan fingerprint density at radius 1 is 1.07 bits per heavy atom. The molecule has 0 unspecified atom stereocenters. The Labute approximate surface area is 85.7 Å². The van der Waals surface area contributed by atoms with Gasteiger partial charge in [0.1, 0.15) is 12.5 Å². The Bertz CT molecular complexity index is 180. The van der Waals surface area contributed by atoms with Gasteiger partial charge in [-0.3, -0.25) is 0 Å². The summed E-state index contributed by atoms with van der Waals surface area (Å²) in [5, 5.41) is 0. The molecule has 3 heteroatoms. The zero-order chi connectivity index (χ0) is 9.64. The third kappa shape index (κ3) is 2.91. The zero-order valence-electron chi connectivity index (χ0n) is 8.65. The first-order valence-corrected chi connectivity index (χ1v) is 5.63. The number of hydrogen-bond acceptors (Lipinski definition) is 3. The molecule has 14 heavy (non-hydrogen) atoms. The van der Waals surface area contributed by atoms with Gasteiger partial charge in [-0.05, 0) is 38.9 Å². The predicted octanol–water partition coefficient (Wildman–Crippen LogP) is 2.10. The lowest BCUT2D eigenvalue weighted by Crippen LogP contribution is -2.31. The van der Waals surface area contributed by atoms with E-state index in [9.17, 15) is 0 Å². The van der Waals surface area contributed by atoms with Gasteiger partial charge in [0, 0.05) is 6.42 Å². The van der Waals surface area contributed by atoms with Crippen molar-refractivity contribution < 1.29 is 9.47 Å². The van der Waals surface area contributed by atoms with Crippen LogP contribution in [0.25, 0.3) is 0 Å². The van der Waals surface area contributed by atoms with Gasteiger partial charge in [-0.25, -0.2) is 0 Å². The molecule has 2 aliphatic rings. The van der Waals surface area contributed by atoms with Gasteiger partial charge in [0.15, 0.2) is 0 Å². The van der Waals surface area contributed by atoms with E-state index in [1.54, 1.807) is 12.5 Å². The second-order valence-corrected chi connectivity index (χ2v) is 4.02. The highest BCUT2D eigenvalue weighted by Gasteiger charge is 2.14. The maximum Gasteiger partial charge on any atom is 0.239 e. The molecular formula is C11H19NO2. The first-order chi connectivity index (χ1) is 6.95. The van der Waals surface area contributed by atoms with E-state index in [2.05, 4.69) is 4.90 Å². The summed E-state index contributed by atoms with van der Waals surface area (Å²) in [7, 11) is 0. The highest BCUT2D eigenvalue weighted by atomic mass is 16.7. The van der Waals surface area contributed by atoms with E-state index in [4.69, 9.17) is 9.47 Å². The minimum atomic E-state index is -0.0141. The summed E-state index contributed by atoms with van der Waals surface area (Å²) in [6, 6.07) is 0. The smallest absolute Gasteiger partial charge is 0.239 e. The van der Waals surface area contributed by atoms with Crippen molar-refractivity contribution in [3.05, 3.63) is 12.5 Å². The predicted molar refractivity (Wildman–Crippen MR) is 54.6 cm³/mol. The molecular weight excluding hydrogens is 178 g/mol. The molecule has 0 spiro atoms. The molecule has 0 aromatic rings. The second kappa shape index (κ2) is 5.25. The normalized spacial score (nSPS) is 23.4.